The molecule has 0 radical (unpaired) electrons. The van der Waals surface area contributed by atoms with Gasteiger partial charge in [0.05, 0.1) is 25.7 Å². The van der Waals surface area contributed by atoms with Crippen LogP contribution < -0.4 is 14.8 Å². The molecule has 2 aromatic carbocycles. The number of aliphatic hydroxyl groups is 1. The van der Waals surface area contributed by atoms with Gasteiger partial charge in [-0.2, -0.15) is 8.78 Å². The van der Waals surface area contributed by atoms with E-state index in [2.05, 4.69) is 10.1 Å². The summed E-state index contributed by atoms with van der Waals surface area (Å²) in [4.78, 5) is 25.5. The maximum absolute atomic E-state index is 13.2. The fourth-order valence-corrected chi connectivity index (χ4v) is 3.40. The number of benzene rings is 2. The average Bonchev–Trinajstić information content (AvgIpc) is 3.02. The number of halogens is 2. The Labute approximate surface area is 177 Å². The van der Waals surface area contributed by atoms with Crippen molar-refractivity contribution in [1.29, 1.82) is 0 Å². The monoisotopic (exact) mass is 432 g/mol. The largest absolute Gasteiger partial charge is 0.497 e. The smallest absolute Gasteiger partial charge is 0.387 e. The summed E-state index contributed by atoms with van der Waals surface area (Å²) in [6.07, 6.45) is 0.0109. The van der Waals surface area contributed by atoms with Crippen molar-refractivity contribution in [3.8, 4) is 11.5 Å². The van der Waals surface area contributed by atoms with Crippen LogP contribution in [0.5, 0.6) is 11.5 Å². The molecule has 0 unspecified atom stereocenters. The van der Waals surface area contributed by atoms with Crippen molar-refractivity contribution in [2.45, 2.75) is 20.0 Å². The van der Waals surface area contributed by atoms with Crippen LogP contribution in [0.15, 0.2) is 42.5 Å². The Morgan fingerprint density at radius 3 is 2.42 bits per heavy atom. The van der Waals surface area contributed by atoms with E-state index in [0.717, 1.165) is 0 Å². The molecule has 31 heavy (non-hydrogen) atoms. The minimum atomic E-state index is -2.95. The number of alkyl halides is 2. The third-order valence-corrected chi connectivity index (χ3v) is 4.84. The van der Waals surface area contributed by atoms with Gasteiger partial charge in [0, 0.05) is 23.2 Å². The number of nitrogens with zero attached hydrogens (tertiary/aromatic N) is 1. The summed E-state index contributed by atoms with van der Waals surface area (Å²) in [6.45, 7) is -1.27. The number of aromatic nitrogens is 1. The fourth-order valence-electron chi connectivity index (χ4n) is 3.40. The maximum atomic E-state index is 13.2. The van der Waals surface area contributed by atoms with Gasteiger partial charge < -0.3 is 19.9 Å². The van der Waals surface area contributed by atoms with E-state index in [1.54, 1.807) is 25.1 Å². The molecule has 0 aliphatic rings. The number of fused-ring (bicyclic) bond motifs is 1. The molecule has 7 nitrogen and oxygen atoms in total. The van der Waals surface area contributed by atoms with Crippen LogP contribution in [0.1, 0.15) is 21.6 Å². The Balaban J connectivity index is 2.04. The molecule has 0 saturated carbocycles. The van der Waals surface area contributed by atoms with Gasteiger partial charge in [0.1, 0.15) is 11.5 Å². The molecule has 2 N–H and O–H groups in total. The van der Waals surface area contributed by atoms with E-state index in [9.17, 15) is 18.4 Å². The number of carbonyl (C=O) groups excluding carboxylic acids is 2. The molecule has 1 amide bonds. The van der Waals surface area contributed by atoms with E-state index in [1.807, 2.05) is 0 Å². The molecule has 9 heteroatoms. The van der Waals surface area contributed by atoms with Crippen molar-refractivity contribution >= 4 is 22.7 Å². The highest BCUT2D eigenvalue weighted by Gasteiger charge is 2.22. The highest BCUT2D eigenvalue weighted by atomic mass is 19.3. The summed E-state index contributed by atoms with van der Waals surface area (Å²) in [5, 5.41) is 12.2. The second-order valence-corrected chi connectivity index (χ2v) is 6.74. The lowest BCUT2D eigenvalue weighted by molar-refractivity contribution is -0.120. The van der Waals surface area contributed by atoms with Gasteiger partial charge in [-0.15, -0.1) is 0 Å². The molecule has 0 fully saturated rings. The van der Waals surface area contributed by atoms with Gasteiger partial charge in [0.15, 0.2) is 0 Å². The predicted octanol–water partition coefficient (Wildman–Crippen LogP) is 2.90. The molecule has 3 rings (SSSR count). The third-order valence-electron chi connectivity index (χ3n) is 4.84. The van der Waals surface area contributed by atoms with Crippen molar-refractivity contribution < 1.29 is 33.0 Å². The summed E-state index contributed by atoms with van der Waals surface area (Å²) in [5.41, 5.74) is 2.07. The highest BCUT2D eigenvalue weighted by molar-refractivity contribution is 6.05. The standard InChI is InChI=1S/C22H22F2N2O5/c1-13-17(12-20(28)25-9-10-27)18-11-16(30-2)7-8-19(18)26(13)21(29)14-3-5-15(6-4-14)31-22(23)24/h3-8,11,22,27H,9-10,12H2,1-2H3,(H,25,28). The fraction of sp³-hybridized carbons (Fsp3) is 0.273. The Morgan fingerprint density at radius 1 is 1.13 bits per heavy atom. The lowest BCUT2D eigenvalue weighted by Crippen LogP contribution is -2.28. The van der Waals surface area contributed by atoms with Crippen molar-refractivity contribution in [3.05, 3.63) is 59.3 Å². The summed E-state index contributed by atoms with van der Waals surface area (Å²) < 4.78 is 35.8. The first-order valence-electron chi connectivity index (χ1n) is 9.50. The van der Waals surface area contributed by atoms with Crippen LogP contribution in [-0.2, 0) is 11.2 Å². The molecule has 0 spiro atoms. The van der Waals surface area contributed by atoms with Gasteiger partial charge in [0.25, 0.3) is 5.91 Å². The molecular weight excluding hydrogens is 410 g/mol. The van der Waals surface area contributed by atoms with Crippen LogP contribution in [0.3, 0.4) is 0 Å². The van der Waals surface area contributed by atoms with Gasteiger partial charge in [0.2, 0.25) is 5.91 Å². The van der Waals surface area contributed by atoms with E-state index in [4.69, 9.17) is 9.84 Å². The van der Waals surface area contributed by atoms with Gasteiger partial charge in [-0.3, -0.25) is 14.2 Å². The van der Waals surface area contributed by atoms with Crippen LogP contribution in [0.2, 0.25) is 0 Å². The van der Waals surface area contributed by atoms with E-state index in [0.29, 0.717) is 27.9 Å². The molecule has 0 bridgehead atoms. The van der Waals surface area contributed by atoms with Crippen molar-refractivity contribution in [3.63, 3.8) is 0 Å². The molecule has 1 heterocycles. The van der Waals surface area contributed by atoms with Crippen LogP contribution in [0, 0.1) is 6.92 Å². The molecule has 164 valence electrons. The Kier molecular flexibility index (Phi) is 6.86. The van der Waals surface area contributed by atoms with Crippen LogP contribution >= 0.6 is 0 Å². The molecule has 3 aromatic rings. The summed E-state index contributed by atoms with van der Waals surface area (Å²) in [7, 11) is 1.52. The molecule has 0 aliphatic heterocycles. The summed E-state index contributed by atoms with van der Waals surface area (Å²) in [5.74, 6) is -0.146. The van der Waals surface area contributed by atoms with E-state index < -0.39 is 6.61 Å². The van der Waals surface area contributed by atoms with Crippen molar-refractivity contribution in [2.24, 2.45) is 0 Å². The third kappa shape index (κ3) is 4.83. The average molecular weight is 432 g/mol. The zero-order chi connectivity index (χ0) is 22.5. The molecule has 1 aromatic heterocycles. The Bertz CT molecular complexity index is 1090. The first-order chi connectivity index (χ1) is 14.8. The van der Waals surface area contributed by atoms with Crippen molar-refractivity contribution in [1.82, 2.24) is 9.88 Å². The van der Waals surface area contributed by atoms with Crippen LogP contribution in [0.4, 0.5) is 8.78 Å². The SMILES string of the molecule is COc1ccc2c(c1)c(CC(=O)NCCO)c(C)n2C(=O)c1ccc(OC(F)F)cc1. The second-order valence-electron chi connectivity index (χ2n) is 6.74. The predicted molar refractivity (Wildman–Crippen MR) is 110 cm³/mol. The van der Waals surface area contributed by atoms with Gasteiger partial charge in [-0.25, -0.2) is 0 Å². The molecule has 0 aliphatic carbocycles. The lowest BCUT2D eigenvalue weighted by Gasteiger charge is -2.09. The second kappa shape index (κ2) is 9.57. The normalized spacial score (nSPS) is 11.0. The van der Waals surface area contributed by atoms with Gasteiger partial charge in [-0.05, 0) is 55.0 Å². The zero-order valence-electron chi connectivity index (χ0n) is 17.0. The number of rotatable bonds is 8. The summed E-state index contributed by atoms with van der Waals surface area (Å²) >= 11 is 0. The van der Waals surface area contributed by atoms with E-state index in [-0.39, 0.29) is 42.7 Å². The quantitative estimate of drug-likeness (QED) is 0.571. The Morgan fingerprint density at radius 2 is 1.81 bits per heavy atom. The first-order valence-corrected chi connectivity index (χ1v) is 9.50. The molecular formula is C22H22F2N2O5. The Hall–Kier alpha value is -3.46. The lowest BCUT2D eigenvalue weighted by atomic mass is 10.1. The van der Waals surface area contributed by atoms with E-state index >= 15 is 0 Å². The van der Waals surface area contributed by atoms with Gasteiger partial charge in [-0.1, -0.05) is 0 Å². The number of hydrogen-bond donors (Lipinski definition) is 2. The zero-order valence-corrected chi connectivity index (χ0v) is 17.0. The van der Waals surface area contributed by atoms with Gasteiger partial charge >= 0.3 is 6.61 Å². The highest BCUT2D eigenvalue weighted by Crippen LogP contribution is 2.31. The maximum Gasteiger partial charge on any atom is 0.387 e. The van der Waals surface area contributed by atoms with Crippen LogP contribution in [0.25, 0.3) is 10.9 Å². The number of amides is 1. The summed E-state index contributed by atoms with van der Waals surface area (Å²) in [6, 6.07) is 10.6. The number of carbonyl (C=O) groups is 2. The molecule has 0 atom stereocenters. The molecule has 0 saturated heterocycles. The minimum Gasteiger partial charge on any atom is -0.497 e. The number of hydrogen-bond acceptors (Lipinski definition) is 5. The first kappa shape index (κ1) is 22.2. The van der Waals surface area contributed by atoms with Crippen LogP contribution in [-0.4, -0.2) is 48.4 Å². The number of ether oxygens (including phenoxy) is 2. The minimum absolute atomic E-state index is 0.0109. The number of nitrogens with one attached hydrogen (secondary N) is 1. The van der Waals surface area contributed by atoms with E-state index in [1.165, 1.54) is 35.9 Å². The van der Waals surface area contributed by atoms with Crippen molar-refractivity contribution in [2.75, 3.05) is 20.3 Å². The number of aliphatic hydroxyl groups excluding tert-OH is 1. The topological polar surface area (TPSA) is 89.8 Å². The number of methoxy groups -OCH3 is 1.